The maximum Gasteiger partial charge on any atom is 0.239 e. The van der Waals surface area contributed by atoms with Crippen LogP contribution in [0.4, 0.5) is 0 Å². The predicted molar refractivity (Wildman–Crippen MR) is 88.8 cm³/mol. The van der Waals surface area contributed by atoms with Crippen LogP contribution in [-0.4, -0.2) is 22.5 Å². The Hall–Kier alpha value is -2.14. The van der Waals surface area contributed by atoms with Crippen LogP contribution in [-0.2, 0) is 4.79 Å². The van der Waals surface area contributed by atoms with E-state index in [0.717, 1.165) is 17.4 Å². The molecule has 0 unspecified atom stereocenters. The van der Waals surface area contributed by atoms with Crippen molar-refractivity contribution in [2.75, 3.05) is 0 Å². The van der Waals surface area contributed by atoms with Gasteiger partial charge in [0.1, 0.15) is 0 Å². The summed E-state index contributed by atoms with van der Waals surface area (Å²) in [6.07, 6.45) is 2.52. The summed E-state index contributed by atoms with van der Waals surface area (Å²) in [5, 5.41) is 13.8. The van der Waals surface area contributed by atoms with E-state index in [0.29, 0.717) is 5.17 Å². The van der Waals surface area contributed by atoms with Crippen molar-refractivity contribution in [1.82, 2.24) is 5.32 Å². The van der Waals surface area contributed by atoms with Crippen LogP contribution in [0, 0.1) is 0 Å². The molecule has 0 bridgehead atoms. The molecule has 0 aromatic heterocycles. The number of nitrogens with one attached hydrogen (secondary N) is 1. The number of nitrogens with zero attached hydrogens (tertiary/aromatic N) is 2. The molecule has 2 aromatic carbocycles. The molecule has 1 fully saturated rings. The number of thioether (sulfide) groups is 1. The number of benzene rings is 2. The second-order valence-corrected chi connectivity index (χ2v) is 5.91. The van der Waals surface area contributed by atoms with E-state index in [9.17, 15) is 4.79 Å². The summed E-state index contributed by atoms with van der Waals surface area (Å²) in [5.41, 5.74) is 1.01. The number of fused-ring (bicyclic) bond motifs is 1. The molecule has 1 saturated heterocycles. The van der Waals surface area contributed by atoms with Crippen LogP contribution < -0.4 is 5.32 Å². The molecule has 1 aliphatic rings. The van der Waals surface area contributed by atoms with E-state index in [2.05, 4.69) is 33.7 Å². The number of carbonyl (C=O) groups excluding carboxylic acids is 1. The van der Waals surface area contributed by atoms with Crippen molar-refractivity contribution in [3.63, 3.8) is 0 Å². The number of hydrogen-bond acceptors (Lipinski definition) is 4. The number of rotatable bonds is 3. The molecule has 1 atom stereocenters. The van der Waals surface area contributed by atoms with Gasteiger partial charge < -0.3 is 5.32 Å². The second-order valence-electron chi connectivity index (χ2n) is 4.72. The first-order valence-corrected chi connectivity index (χ1v) is 7.72. The fraction of sp³-hybridized carbons (Fsp3) is 0.188. The van der Waals surface area contributed by atoms with Crippen LogP contribution in [0.2, 0.25) is 0 Å². The Morgan fingerprint density at radius 1 is 1.24 bits per heavy atom. The van der Waals surface area contributed by atoms with Gasteiger partial charge in [0.05, 0.1) is 11.5 Å². The molecule has 106 valence electrons. The fourth-order valence-electron chi connectivity index (χ4n) is 2.23. The lowest BCUT2D eigenvalue weighted by Gasteiger charge is -2.00. The molecule has 1 aliphatic heterocycles. The molecule has 0 aliphatic carbocycles. The van der Waals surface area contributed by atoms with Gasteiger partial charge in [-0.1, -0.05) is 61.2 Å². The van der Waals surface area contributed by atoms with E-state index in [1.165, 1.54) is 17.1 Å². The van der Waals surface area contributed by atoms with Gasteiger partial charge >= 0.3 is 0 Å². The lowest BCUT2D eigenvalue weighted by molar-refractivity contribution is -0.118. The Bertz CT molecular complexity index is 734. The number of carbonyl (C=O) groups is 1. The number of amides is 1. The van der Waals surface area contributed by atoms with Crippen molar-refractivity contribution in [2.45, 2.75) is 18.6 Å². The van der Waals surface area contributed by atoms with Crippen molar-refractivity contribution in [3.05, 3.63) is 48.0 Å². The van der Waals surface area contributed by atoms with E-state index in [4.69, 9.17) is 0 Å². The Morgan fingerprint density at radius 2 is 2.05 bits per heavy atom. The molecular formula is C16H15N3OS. The first-order chi connectivity index (χ1) is 10.3. The lowest BCUT2D eigenvalue weighted by atomic mass is 10.1. The zero-order chi connectivity index (χ0) is 14.7. The van der Waals surface area contributed by atoms with Gasteiger partial charge in [0.25, 0.3) is 0 Å². The van der Waals surface area contributed by atoms with Crippen LogP contribution in [0.5, 0.6) is 0 Å². The average Bonchev–Trinajstić information content (AvgIpc) is 2.87. The van der Waals surface area contributed by atoms with Crippen LogP contribution >= 0.6 is 11.8 Å². The van der Waals surface area contributed by atoms with Crippen LogP contribution in [0.1, 0.15) is 18.9 Å². The van der Waals surface area contributed by atoms with E-state index in [-0.39, 0.29) is 11.2 Å². The van der Waals surface area contributed by atoms with Crippen LogP contribution in [0.15, 0.2) is 52.7 Å². The van der Waals surface area contributed by atoms with Crippen molar-refractivity contribution >= 4 is 39.8 Å². The summed E-state index contributed by atoms with van der Waals surface area (Å²) in [7, 11) is 0. The topological polar surface area (TPSA) is 53.8 Å². The van der Waals surface area contributed by atoms with Crippen molar-refractivity contribution in [1.29, 1.82) is 0 Å². The Labute approximate surface area is 127 Å². The highest BCUT2D eigenvalue weighted by Gasteiger charge is 2.28. The maximum absolute atomic E-state index is 11.6. The fourth-order valence-corrected chi connectivity index (χ4v) is 3.08. The summed E-state index contributed by atoms with van der Waals surface area (Å²) < 4.78 is 0. The third kappa shape index (κ3) is 2.97. The average molecular weight is 297 g/mol. The lowest BCUT2D eigenvalue weighted by Crippen LogP contribution is -2.24. The Morgan fingerprint density at radius 3 is 2.86 bits per heavy atom. The van der Waals surface area contributed by atoms with Gasteiger partial charge in [-0.3, -0.25) is 4.79 Å². The first-order valence-electron chi connectivity index (χ1n) is 6.84. The van der Waals surface area contributed by atoms with Gasteiger partial charge in [-0.15, -0.1) is 5.10 Å². The first kappa shape index (κ1) is 13.8. The molecule has 1 amide bonds. The zero-order valence-electron chi connectivity index (χ0n) is 11.6. The normalized spacial score (nSPS) is 20.5. The van der Waals surface area contributed by atoms with Crippen molar-refractivity contribution in [2.24, 2.45) is 10.2 Å². The highest BCUT2D eigenvalue weighted by atomic mass is 32.2. The number of amidine groups is 1. The van der Waals surface area contributed by atoms with Crippen molar-refractivity contribution < 1.29 is 4.79 Å². The van der Waals surface area contributed by atoms with Gasteiger partial charge in [0.15, 0.2) is 5.17 Å². The summed E-state index contributed by atoms with van der Waals surface area (Å²) in [6.45, 7) is 1.99. The van der Waals surface area contributed by atoms with E-state index in [1.54, 1.807) is 6.21 Å². The van der Waals surface area contributed by atoms with Crippen LogP contribution in [0.3, 0.4) is 0 Å². The quantitative estimate of drug-likeness (QED) is 0.699. The zero-order valence-corrected chi connectivity index (χ0v) is 12.4. The standard InChI is InChI=1S/C16H15N3OS/c1-2-14-15(20)18-16(21-14)19-17-10-12-8-5-7-11-6-3-4-9-13(11)12/h3-10,14H,2H2,1H3,(H,18,19,20)/b17-10-/t14-/m0/s1. The molecule has 1 heterocycles. The van der Waals surface area contributed by atoms with E-state index < -0.39 is 0 Å². The molecule has 0 spiro atoms. The Balaban J connectivity index is 1.81. The molecular weight excluding hydrogens is 282 g/mol. The van der Waals surface area contributed by atoms with Gasteiger partial charge in [0, 0.05) is 5.56 Å². The highest BCUT2D eigenvalue weighted by molar-refractivity contribution is 8.15. The highest BCUT2D eigenvalue weighted by Crippen LogP contribution is 2.22. The molecule has 5 heteroatoms. The monoisotopic (exact) mass is 297 g/mol. The largest absolute Gasteiger partial charge is 0.303 e. The molecule has 0 radical (unpaired) electrons. The molecule has 3 rings (SSSR count). The molecule has 0 saturated carbocycles. The van der Waals surface area contributed by atoms with Gasteiger partial charge in [-0.2, -0.15) is 5.10 Å². The third-order valence-corrected chi connectivity index (χ3v) is 4.55. The SMILES string of the molecule is CC[C@@H]1S/C(=N\N=C/c2cccc3ccccc23)NC1=O. The summed E-state index contributed by atoms with van der Waals surface area (Å²) in [5.74, 6) is 0.0154. The molecule has 21 heavy (non-hydrogen) atoms. The maximum atomic E-state index is 11.6. The third-order valence-electron chi connectivity index (χ3n) is 3.32. The minimum Gasteiger partial charge on any atom is -0.303 e. The summed E-state index contributed by atoms with van der Waals surface area (Å²) in [6, 6.07) is 14.2. The Kier molecular flexibility index (Phi) is 4.01. The molecule has 2 aromatic rings. The van der Waals surface area contributed by atoms with Gasteiger partial charge in [-0.25, -0.2) is 0 Å². The minimum atomic E-state index is -0.0449. The molecule has 4 nitrogen and oxygen atoms in total. The molecule has 1 N–H and O–H groups in total. The smallest absolute Gasteiger partial charge is 0.239 e. The van der Waals surface area contributed by atoms with Crippen molar-refractivity contribution in [3.8, 4) is 0 Å². The summed E-state index contributed by atoms with van der Waals surface area (Å²) in [4.78, 5) is 11.6. The van der Waals surface area contributed by atoms with Gasteiger partial charge in [0.2, 0.25) is 5.91 Å². The van der Waals surface area contributed by atoms with E-state index >= 15 is 0 Å². The second kappa shape index (κ2) is 6.10. The van der Waals surface area contributed by atoms with Gasteiger partial charge in [-0.05, 0) is 17.2 Å². The van der Waals surface area contributed by atoms with Crippen LogP contribution in [0.25, 0.3) is 10.8 Å². The number of hydrogen-bond donors (Lipinski definition) is 1. The minimum absolute atomic E-state index is 0.0154. The predicted octanol–water partition coefficient (Wildman–Crippen LogP) is 3.17. The van der Waals surface area contributed by atoms with E-state index in [1.807, 2.05) is 31.2 Å². The summed E-state index contributed by atoms with van der Waals surface area (Å²) >= 11 is 1.43.